The highest BCUT2D eigenvalue weighted by molar-refractivity contribution is 7.99. The maximum atomic E-state index is 12.7. The van der Waals surface area contributed by atoms with E-state index in [2.05, 4.69) is 89.9 Å². The van der Waals surface area contributed by atoms with Gasteiger partial charge in [0, 0.05) is 41.4 Å². The summed E-state index contributed by atoms with van der Waals surface area (Å²) < 4.78 is 6.93. The van der Waals surface area contributed by atoms with Crippen molar-refractivity contribution in [3.63, 3.8) is 0 Å². The summed E-state index contributed by atoms with van der Waals surface area (Å²) in [6, 6.07) is 35.7. The van der Waals surface area contributed by atoms with Crippen LogP contribution >= 0.6 is 11.8 Å². The van der Waals surface area contributed by atoms with E-state index < -0.39 is 0 Å². The first-order valence-corrected chi connectivity index (χ1v) is 20.1. The van der Waals surface area contributed by atoms with Crippen LogP contribution < -0.4 is 10.2 Å². The van der Waals surface area contributed by atoms with Crippen LogP contribution in [0.2, 0.25) is 0 Å². The molecule has 7 heteroatoms. The first-order chi connectivity index (χ1) is 24.9. The number of benzene rings is 4. The maximum Gasteiger partial charge on any atom is 0.411 e. The van der Waals surface area contributed by atoms with Gasteiger partial charge in [0.1, 0.15) is 6.10 Å². The zero-order chi connectivity index (χ0) is 35.3. The number of nitrogens with zero attached hydrogens (tertiary/aromatic N) is 3. The standard InChI is InChI=1S/C44H56N4O2S/c1-48(2,35-19-31-47-40-24-13-15-26-42(40)51-43-27-16-14-25-41(43)47)34-18-7-5-3-4-6-17-30-46-32-28-37(29-33-46)50-44(49)45-39-23-12-11-22-38(39)36-20-9-8-10-21-36/h8-16,20-27,37H,3-7,17-19,28-35H2,1-2H3/p+1. The van der Waals surface area contributed by atoms with Crippen LogP contribution in [0, 0.1) is 0 Å². The van der Waals surface area contributed by atoms with Gasteiger partial charge in [-0.05, 0) is 74.5 Å². The quantitative estimate of drug-likeness (QED) is 0.0875. The third kappa shape index (κ3) is 10.9. The molecular formula is C44H57N4O2S+. The van der Waals surface area contributed by atoms with Crippen molar-refractivity contribution in [2.45, 2.75) is 80.1 Å². The summed E-state index contributed by atoms with van der Waals surface area (Å²) >= 11 is 1.89. The monoisotopic (exact) mass is 705 g/mol. The van der Waals surface area contributed by atoms with E-state index in [4.69, 9.17) is 4.74 Å². The number of hydrogen-bond acceptors (Lipinski definition) is 5. The van der Waals surface area contributed by atoms with Crippen molar-refractivity contribution in [3.8, 4) is 11.1 Å². The molecule has 0 unspecified atom stereocenters. The van der Waals surface area contributed by atoms with Crippen molar-refractivity contribution in [1.29, 1.82) is 0 Å². The molecule has 0 aromatic heterocycles. The molecule has 4 aromatic carbocycles. The lowest BCUT2D eigenvalue weighted by atomic mass is 10.0. The molecule has 1 fully saturated rings. The Hall–Kier alpha value is -3.78. The number of likely N-dealkylation sites (tertiary alicyclic amines) is 1. The number of fused-ring (bicyclic) bond motifs is 2. The third-order valence-electron chi connectivity index (χ3n) is 10.5. The van der Waals surface area contributed by atoms with Gasteiger partial charge in [0.05, 0.1) is 44.2 Å². The molecule has 4 aromatic rings. The van der Waals surface area contributed by atoms with Crippen molar-refractivity contribution in [3.05, 3.63) is 103 Å². The normalized spacial score (nSPS) is 14.9. The summed E-state index contributed by atoms with van der Waals surface area (Å²) in [7, 11) is 4.81. The van der Waals surface area contributed by atoms with Gasteiger partial charge < -0.3 is 19.0 Å². The number of unbranched alkanes of at least 4 members (excludes halogenated alkanes) is 6. The molecule has 1 amide bonds. The van der Waals surface area contributed by atoms with E-state index in [0.717, 1.165) is 60.3 Å². The number of ether oxygens (including phenoxy) is 1. The van der Waals surface area contributed by atoms with Crippen molar-refractivity contribution < 1.29 is 14.0 Å². The van der Waals surface area contributed by atoms with Gasteiger partial charge in [0.2, 0.25) is 0 Å². The molecule has 2 aliphatic rings. The topological polar surface area (TPSA) is 44.8 Å². The highest BCUT2D eigenvalue weighted by atomic mass is 32.2. The summed E-state index contributed by atoms with van der Waals surface area (Å²) in [6.45, 7) is 6.68. The molecule has 2 heterocycles. The van der Waals surface area contributed by atoms with E-state index in [-0.39, 0.29) is 12.2 Å². The number of quaternary nitrogens is 1. The summed E-state index contributed by atoms with van der Waals surface area (Å²) in [4.78, 5) is 20.6. The fourth-order valence-corrected chi connectivity index (χ4v) is 8.65. The second-order valence-electron chi connectivity index (χ2n) is 14.9. The molecule has 0 aliphatic carbocycles. The van der Waals surface area contributed by atoms with Gasteiger partial charge in [-0.3, -0.25) is 5.32 Å². The minimum absolute atomic E-state index is 0.0161. The van der Waals surface area contributed by atoms with Gasteiger partial charge in [-0.2, -0.15) is 0 Å². The smallest absolute Gasteiger partial charge is 0.411 e. The van der Waals surface area contributed by atoms with E-state index in [0.29, 0.717) is 0 Å². The van der Waals surface area contributed by atoms with Gasteiger partial charge in [0.25, 0.3) is 0 Å². The number of hydrogen-bond donors (Lipinski definition) is 1. The van der Waals surface area contributed by atoms with Gasteiger partial charge in [-0.15, -0.1) is 0 Å². The lowest BCUT2D eigenvalue weighted by molar-refractivity contribution is -0.890. The molecule has 0 atom stereocenters. The molecular weight excluding hydrogens is 649 g/mol. The molecule has 0 spiro atoms. The fourth-order valence-electron chi connectivity index (χ4n) is 7.55. The number of carbonyl (C=O) groups excluding carboxylic acids is 1. The van der Waals surface area contributed by atoms with Crippen LogP contribution in [0.3, 0.4) is 0 Å². The lowest BCUT2D eigenvalue weighted by Crippen LogP contribution is -2.42. The van der Waals surface area contributed by atoms with E-state index in [9.17, 15) is 4.79 Å². The molecule has 6 rings (SSSR count). The van der Waals surface area contributed by atoms with Gasteiger partial charge in [0.15, 0.2) is 0 Å². The second kappa shape index (κ2) is 18.6. The van der Waals surface area contributed by atoms with Crippen molar-refractivity contribution in [2.24, 2.45) is 0 Å². The predicted molar refractivity (Wildman–Crippen MR) is 214 cm³/mol. The van der Waals surface area contributed by atoms with E-state index in [1.807, 2.05) is 54.2 Å². The Morgan fingerprint density at radius 1 is 0.686 bits per heavy atom. The average Bonchev–Trinajstić information content (AvgIpc) is 3.15. The summed E-state index contributed by atoms with van der Waals surface area (Å²) in [5.74, 6) is 0. The Morgan fingerprint density at radius 3 is 1.96 bits per heavy atom. The number of nitrogens with one attached hydrogen (secondary N) is 1. The summed E-state index contributed by atoms with van der Waals surface area (Å²) in [6.07, 6.45) is 11.9. The SMILES string of the molecule is C[N+](C)(CCCCCCCCCN1CCC(OC(=O)Nc2ccccc2-c2ccccc2)CC1)CCCN1c2ccccc2Sc2ccccc21. The minimum atomic E-state index is -0.357. The van der Waals surface area contributed by atoms with Crippen LogP contribution in [-0.4, -0.2) is 74.9 Å². The number of anilines is 3. The second-order valence-corrected chi connectivity index (χ2v) is 16.0. The number of amides is 1. The molecule has 6 nitrogen and oxygen atoms in total. The first kappa shape index (κ1) is 37.0. The summed E-state index contributed by atoms with van der Waals surface area (Å²) in [5, 5.41) is 2.99. The average molecular weight is 706 g/mol. The van der Waals surface area contributed by atoms with E-state index in [1.165, 1.54) is 85.6 Å². The zero-order valence-corrected chi connectivity index (χ0v) is 31.6. The molecule has 2 aliphatic heterocycles. The van der Waals surface area contributed by atoms with Crippen molar-refractivity contribution in [2.75, 3.05) is 63.6 Å². The van der Waals surface area contributed by atoms with Crippen LogP contribution in [-0.2, 0) is 4.74 Å². The first-order valence-electron chi connectivity index (χ1n) is 19.3. The summed E-state index contributed by atoms with van der Waals surface area (Å²) in [5.41, 5.74) is 5.56. The highest BCUT2D eigenvalue weighted by Gasteiger charge is 2.25. The molecule has 270 valence electrons. The number of carbonyl (C=O) groups is 1. The highest BCUT2D eigenvalue weighted by Crippen LogP contribution is 2.47. The van der Waals surface area contributed by atoms with E-state index >= 15 is 0 Å². The molecule has 51 heavy (non-hydrogen) atoms. The van der Waals surface area contributed by atoms with E-state index in [1.54, 1.807) is 0 Å². The van der Waals surface area contributed by atoms with Crippen molar-refractivity contribution in [1.82, 2.24) is 4.90 Å². The number of rotatable bonds is 17. The number of para-hydroxylation sites is 3. The van der Waals surface area contributed by atoms with Crippen LogP contribution in [0.1, 0.15) is 64.2 Å². The Kier molecular flexibility index (Phi) is 13.5. The van der Waals surface area contributed by atoms with Crippen LogP contribution in [0.25, 0.3) is 11.1 Å². The van der Waals surface area contributed by atoms with Crippen LogP contribution in [0.15, 0.2) is 113 Å². The lowest BCUT2D eigenvalue weighted by Gasteiger charge is -2.35. The molecule has 1 saturated heterocycles. The van der Waals surface area contributed by atoms with Gasteiger partial charge in [-0.1, -0.05) is 110 Å². The fraction of sp³-hybridized carbons (Fsp3) is 0.432. The van der Waals surface area contributed by atoms with Crippen LogP contribution in [0.5, 0.6) is 0 Å². The molecule has 0 saturated carbocycles. The molecule has 1 N–H and O–H groups in total. The Labute approximate surface area is 310 Å². The van der Waals surface area contributed by atoms with Gasteiger partial charge >= 0.3 is 6.09 Å². The Balaban J connectivity index is 0.789. The van der Waals surface area contributed by atoms with Crippen molar-refractivity contribution >= 4 is 34.9 Å². The minimum Gasteiger partial charge on any atom is -0.446 e. The Bertz CT molecular complexity index is 1630. The Morgan fingerprint density at radius 2 is 1.25 bits per heavy atom. The third-order valence-corrected chi connectivity index (χ3v) is 11.6. The zero-order valence-electron chi connectivity index (χ0n) is 30.8. The molecule has 0 radical (unpaired) electrons. The van der Waals surface area contributed by atoms with Crippen LogP contribution in [0.4, 0.5) is 21.9 Å². The predicted octanol–water partition coefficient (Wildman–Crippen LogP) is 10.9. The number of piperidine rings is 1. The van der Waals surface area contributed by atoms with Gasteiger partial charge in [-0.25, -0.2) is 4.79 Å². The maximum absolute atomic E-state index is 12.7. The molecule has 0 bridgehead atoms. The largest absolute Gasteiger partial charge is 0.446 e.